The number of carbonyl (C=O) groups is 1. The van der Waals surface area contributed by atoms with Crippen molar-refractivity contribution in [1.82, 2.24) is 15.3 Å². The van der Waals surface area contributed by atoms with Crippen molar-refractivity contribution in [2.75, 3.05) is 0 Å². The van der Waals surface area contributed by atoms with Crippen LogP contribution in [-0.2, 0) is 0 Å². The number of amides is 1. The molecule has 0 unspecified atom stereocenters. The standard InChI is InChI=1S/C19H19ClN4O2/c1-12-10-22-18(23-11-12)19(25)24-14-3-6-15(7-4-14)26-16-5-2-13(9-21)17(20)8-16/h2,5,8,10-11,14-15H,3-4,6-7H2,1H3,(H,24,25). The van der Waals surface area contributed by atoms with E-state index in [4.69, 9.17) is 21.6 Å². The number of benzene rings is 1. The summed E-state index contributed by atoms with van der Waals surface area (Å²) in [6.07, 6.45) is 6.65. The molecule has 1 N–H and O–H groups in total. The van der Waals surface area contributed by atoms with E-state index in [0.717, 1.165) is 31.2 Å². The van der Waals surface area contributed by atoms with Crippen molar-refractivity contribution in [2.24, 2.45) is 0 Å². The van der Waals surface area contributed by atoms with Crippen LogP contribution in [-0.4, -0.2) is 28.0 Å². The molecule has 1 fully saturated rings. The Balaban J connectivity index is 1.49. The van der Waals surface area contributed by atoms with Crippen LogP contribution in [0, 0.1) is 18.3 Å². The van der Waals surface area contributed by atoms with E-state index in [0.29, 0.717) is 16.3 Å². The van der Waals surface area contributed by atoms with E-state index in [1.807, 2.05) is 13.0 Å². The molecule has 1 aromatic heterocycles. The fourth-order valence-corrected chi connectivity index (χ4v) is 3.15. The van der Waals surface area contributed by atoms with E-state index in [2.05, 4.69) is 15.3 Å². The predicted octanol–water partition coefficient (Wildman–Crippen LogP) is 3.43. The topological polar surface area (TPSA) is 87.9 Å². The van der Waals surface area contributed by atoms with Crippen LogP contribution in [0.15, 0.2) is 30.6 Å². The summed E-state index contributed by atoms with van der Waals surface area (Å²) in [5.41, 5.74) is 1.35. The van der Waals surface area contributed by atoms with Gasteiger partial charge in [-0.15, -0.1) is 0 Å². The van der Waals surface area contributed by atoms with Crippen LogP contribution in [0.2, 0.25) is 5.02 Å². The second-order valence-corrected chi connectivity index (χ2v) is 6.81. The van der Waals surface area contributed by atoms with Crippen molar-refractivity contribution in [3.05, 3.63) is 52.6 Å². The molecule has 1 amide bonds. The fraction of sp³-hybridized carbons (Fsp3) is 0.368. The Hall–Kier alpha value is -2.65. The average molecular weight is 371 g/mol. The number of hydrogen-bond donors (Lipinski definition) is 1. The lowest BCUT2D eigenvalue weighted by molar-refractivity contribution is 0.0883. The quantitative estimate of drug-likeness (QED) is 0.890. The number of aryl methyl sites for hydroxylation is 1. The lowest BCUT2D eigenvalue weighted by Gasteiger charge is -2.29. The number of nitriles is 1. The summed E-state index contributed by atoms with van der Waals surface area (Å²) in [4.78, 5) is 20.3. The minimum absolute atomic E-state index is 0.0720. The molecule has 0 atom stereocenters. The van der Waals surface area contributed by atoms with Gasteiger partial charge in [0, 0.05) is 24.5 Å². The number of nitrogens with zero attached hydrogens (tertiary/aromatic N) is 3. The molecule has 3 rings (SSSR count). The minimum atomic E-state index is -0.242. The van der Waals surface area contributed by atoms with Crippen LogP contribution in [0.1, 0.15) is 47.4 Å². The fourth-order valence-electron chi connectivity index (χ4n) is 2.94. The van der Waals surface area contributed by atoms with E-state index in [1.165, 1.54) is 0 Å². The highest BCUT2D eigenvalue weighted by atomic mass is 35.5. The second-order valence-electron chi connectivity index (χ2n) is 6.40. The Kier molecular flexibility index (Phi) is 5.69. The number of rotatable bonds is 4. The second kappa shape index (κ2) is 8.15. The van der Waals surface area contributed by atoms with Gasteiger partial charge >= 0.3 is 0 Å². The molecule has 1 aliphatic carbocycles. The normalized spacial score (nSPS) is 19.4. The highest BCUT2D eigenvalue weighted by Gasteiger charge is 2.24. The maximum absolute atomic E-state index is 12.2. The first-order valence-corrected chi connectivity index (χ1v) is 8.89. The molecule has 2 aromatic rings. The third-order valence-corrected chi connectivity index (χ3v) is 4.67. The van der Waals surface area contributed by atoms with Gasteiger partial charge in [0.15, 0.2) is 0 Å². The van der Waals surface area contributed by atoms with Crippen molar-refractivity contribution >= 4 is 17.5 Å². The first kappa shape index (κ1) is 18.2. The number of nitrogens with one attached hydrogen (secondary N) is 1. The van der Waals surface area contributed by atoms with Crippen LogP contribution in [0.3, 0.4) is 0 Å². The van der Waals surface area contributed by atoms with Crippen molar-refractivity contribution in [1.29, 1.82) is 5.26 Å². The lowest BCUT2D eigenvalue weighted by Crippen LogP contribution is -2.40. The summed E-state index contributed by atoms with van der Waals surface area (Å²) < 4.78 is 5.96. The van der Waals surface area contributed by atoms with Crippen molar-refractivity contribution in [3.63, 3.8) is 0 Å². The van der Waals surface area contributed by atoms with Crippen LogP contribution in [0.4, 0.5) is 0 Å². The number of hydrogen-bond acceptors (Lipinski definition) is 5. The van der Waals surface area contributed by atoms with Gasteiger partial charge in [0.05, 0.1) is 16.7 Å². The molecule has 6 nitrogen and oxygen atoms in total. The van der Waals surface area contributed by atoms with E-state index in [1.54, 1.807) is 30.6 Å². The molecule has 1 aliphatic rings. The zero-order valence-electron chi connectivity index (χ0n) is 14.4. The van der Waals surface area contributed by atoms with Gasteiger partial charge in [0.25, 0.3) is 5.91 Å². The molecule has 1 saturated carbocycles. The molecule has 134 valence electrons. The van der Waals surface area contributed by atoms with Crippen molar-refractivity contribution in [2.45, 2.75) is 44.8 Å². The van der Waals surface area contributed by atoms with Gasteiger partial charge in [0.1, 0.15) is 11.8 Å². The summed E-state index contributed by atoms with van der Waals surface area (Å²) in [5.74, 6) is 0.615. The molecule has 0 spiro atoms. The Labute approximate surface area is 157 Å². The van der Waals surface area contributed by atoms with Crippen LogP contribution in [0.5, 0.6) is 5.75 Å². The number of ether oxygens (including phenoxy) is 1. The first-order chi connectivity index (χ1) is 12.5. The molecule has 0 bridgehead atoms. The van der Waals surface area contributed by atoms with Gasteiger partial charge in [-0.25, -0.2) is 9.97 Å². The van der Waals surface area contributed by atoms with Gasteiger partial charge in [-0.1, -0.05) is 11.6 Å². The molecule has 1 aromatic carbocycles. The van der Waals surface area contributed by atoms with E-state index in [-0.39, 0.29) is 23.9 Å². The van der Waals surface area contributed by atoms with E-state index in [9.17, 15) is 4.79 Å². The highest BCUT2D eigenvalue weighted by molar-refractivity contribution is 6.31. The summed E-state index contributed by atoms with van der Waals surface area (Å²) in [5, 5.41) is 12.3. The van der Waals surface area contributed by atoms with Gasteiger partial charge in [-0.2, -0.15) is 5.26 Å². The third-order valence-electron chi connectivity index (χ3n) is 4.36. The molecule has 0 radical (unpaired) electrons. The molecule has 0 aliphatic heterocycles. The average Bonchev–Trinajstić information content (AvgIpc) is 2.64. The monoisotopic (exact) mass is 370 g/mol. The van der Waals surface area contributed by atoms with Gasteiger partial charge < -0.3 is 10.1 Å². The zero-order valence-corrected chi connectivity index (χ0v) is 15.2. The van der Waals surface area contributed by atoms with Gasteiger partial charge in [-0.3, -0.25) is 4.79 Å². The summed E-state index contributed by atoms with van der Waals surface area (Å²) in [6, 6.07) is 7.21. The third kappa shape index (κ3) is 4.50. The maximum atomic E-state index is 12.2. The van der Waals surface area contributed by atoms with Gasteiger partial charge in [-0.05, 0) is 50.3 Å². The summed E-state index contributed by atoms with van der Waals surface area (Å²) >= 11 is 6.03. The Morgan fingerprint density at radius 1 is 1.27 bits per heavy atom. The molecule has 7 heteroatoms. The van der Waals surface area contributed by atoms with Gasteiger partial charge in [0.2, 0.25) is 5.82 Å². The van der Waals surface area contributed by atoms with E-state index >= 15 is 0 Å². The smallest absolute Gasteiger partial charge is 0.289 e. The van der Waals surface area contributed by atoms with Crippen LogP contribution >= 0.6 is 11.6 Å². The summed E-state index contributed by atoms with van der Waals surface area (Å²) in [7, 11) is 0. The SMILES string of the molecule is Cc1cnc(C(=O)NC2CCC(Oc3ccc(C#N)c(Cl)c3)CC2)nc1. The minimum Gasteiger partial charge on any atom is -0.490 e. The lowest BCUT2D eigenvalue weighted by atomic mass is 9.93. The first-order valence-electron chi connectivity index (χ1n) is 8.51. The largest absolute Gasteiger partial charge is 0.490 e. The maximum Gasteiger partial charge on any atom is 0.289 e. The van der Waals surface area contributed by atoms with Crippen LogP contribution < -0.4 is 10.1 Å². The Morgan fingerprint density at radius 3 is 2.58 bits per heavy atom. The number of halogens is 1. The van der Waals surface area contributed by atoms with Crippen LogP contribution in [0.25, 0.3) is 0 Å². The summed E-state index contributed by atoms with van der Waals surface area (Å²) in [6.45, 7) is 1.88. The Morgan fingerprint density at radius 2 is 1.96 bits per heavy atom. The van der Waals surface area contributed by atoms with E-state index < -0.39 is 0 Å². The molecular weight excluding hydrogens is 352 g/mol. The number of aromatic nitrogens is 2. The predicted molar refractivity (Wildman–Crippen MR) is 97.1 cm³/mol. The highest BCUT2D eigenvalue weighted by Crippen LogP contribution is 2.27. The molecular formula is C19H19ClN4O2. The molecule has 0 saturated heterocycles. The molecule has 26 heavy (non-hydrogen) atoms. The Bertz CT molecular complexity index is 824. The molecule has 1 heterocycles. The number of carbonyl (C=O) groups excluding carboxylic acids is 1. The van der Waals surface area contributed by atoms with Crippen molar-refractivity contribution < 1.29 is 9.53 Å². The zero-order chi connectivity index (χ0) is 18.5. The van der Waals surface area contributed by atoms with Crippen molar-refractivity contribution in [3.8, 4) is 11.8 Å².